The van der Waals surface area contributed by atoms with Crippen molar-refractivity contribution in [2.75, 3.05) is 32.7 Å². The molecule has 0 aliphatic carbocycles. The molecule has 1 amide bonds. The molecular weight excluding hydrogens is 340 g/mol. The van der Waals surface area contributed by atoms with Gasteiger partial charge in [-0.25, -0.2) is 4.98 Å². The molecule has 1 aliphatic rings. The molecule has 0 unspecified atom stereocenters. The lowest BCUT2D eigenvalue weighted by Crippen LogP contribution is -2.36. The van der Waals surface area contributed by atoms with E-state index in [0.29, 0.717) is 36.2 Å². The van der Waals surface area contributed by atoms with Crippen LogP contribution in [-0.2, 0) is 11.3 Å². The van der Waals surface area contributed by atoms with Crippen LogP contribution >= 0.6 is 0 Å². The number of benzene rings is 1. The van der Waals surface area contributed by atoms with Gasteiger partial charge < -0.3 is 9.80 Å². The molecule has 6 nitrogen and oxygen atoms in total. The number of aromatic nitrogens is 2. The average molecular weight is 370 g/mol. The maximum atomic E-state index is 12.6. The molecule has 1 saturated heterocycles. The monoisotopic (exact) mass is 370 g/mol. The lowest BCUT2D eigenvalue weighted by Gasteiger charge is -2.24. The summed E-state index contributed by atoms with van der Waals surface area (Å²) in [6.07, 6.45) is 3.89. The van der Waals surface area contributed by atoms with Crippen LogP contribution in [0.2, 0.25) is 0 Å². The summed E-state index contributed by atoms with van der Waals surface area (Å²) >= 11 is 0. The van der Waals surface area contributed by atoms with Crippen LogP contribution in [0.25, 0.3) is 10.9 Å². The zero-order chi connectivity index (χ0) is 19.2. The molecule has 0 spiro atoms. The van der Waals surface area contributed by atoms with E-state index in [0.717, 1.165) is 32.7 Å². The summed E-state index contributed by atoms with van der Waals surface area (Å²) < 4.78 is 1.61. The number of carbonyl (C=O) groups is 1. The molecule has 2 aromatic rings. The summed E-state index contributed by atoms with van der Waals surface area (Å²) in [6.45, 7) is 9.68. The standard InChI is InChI=1S/C21H30N4O2/c1-3-23-13-11-17(14-23)15-24(4-2)20(26)10-7-12-25-16-22-19-9-6-5-8-18(19)21(25)27/h5-6,8-9,16-17H,3-4,7,10-15H2,1-2H3/t17-/m1/s1. The van der Waals surface area contributed by atoms with E-state index in [1.54, 1.807) is 17.0 Å². The number of hydrogen-bond donors (Lipinski definition) is 0. The van der Waals surface area contributed by atoms with Gasteiger partial charge in [-0.1, -0.05) is 19.1 Å². The van der Waals surface area contributed by atoms with Crippen LogP contribution in [0, 0.1) is 5.92 Å². The number of rotatable bonds is 8. The number of nitrogens with zero attached hydrogens (tertiary/aromatic N) is 4. The van der Waals surface area contributed by atoms with Gasteiger partial charge in [-0.05, 0) is 50.9 Å². The van der Waals surface area contributed by atoms with Gasteiger partial charge in [-0.3, -0.25) is 14.2 Å². The van der Waals surface area contributed by atoms with Crippen LogP contribution in [0.4, 0.5) is 0 Å². The van der Waals surface area contributed by atoms with Gasteiger partial charge in [0.1, 0.15) is 0 Å². The topological polar surface area (TPSA) is 58.4 Å². The highest BCUT2D eigenvalue weighted by Gasteiger charge is 2.24. The highest BCUT2D eigenvalue weighted by molar-refractivity contribution is 5.77. The summed E-state index contributed by atoms with van der Waals surface area (Å²) in [5, 5.41) is 0.628. The Morgan fingerprint density at radius 1 is 1.30 bits per heavy atom. The van der Waals surface area contributed by atoms with Gasteiger partial charge in [0.05, 0.1) is 17.2 Å². The van der Waals surface area contributed by atoms with Crippen molar-refractivity contribution in [2.45, 2.75) is 39.7 Å². The number of hydrogen-bond acceptors (Lipinski definition) is 4. The number of likely N-dealkylation sites (tertiary alicyclic amines) is 1. The van der Waals surface area contributed by atoms with Crippen molar-refractivity contribution < 1.29 is 4.79 Å². The second-order valence-corrected chi connectivity index (χ2v) is 7.34. The molecule has 1 aliphatic heterocycles. The van der Waals surface area contributed by atoms with Crippen molar-refractivity contribution in [1.29, 1.82) is 0 Å². The fourth-order valence-corrected chi connectivity index (χ4v) is 3.89. The Kier molecular flexibility index (Phi) is 6.61. The fraction of sp³-hybridized carbons (Fsp3) is 0.571. The molecule has 1 aromatic heterocycles. The Morgan fingerprint density at radius 2 is 2.11 bits per heavy atom. The third-order valence-electron chi connectivity index (χ3n) is 5.55. The third kappa shape index (κ3) is 4.75. The van der Waals surface area contributed by atoms with Gasteiger partial charge in [0, 0.05) is 32.6 Å². The van der Waals surface area contributed by atoms with Gasteiger partial charge in [-0.15, -0.1) is 0 Å². The SMILES string of the molecule is CCN1CC[C@@H](CN(CC)C(=O)CCCn2cnc3ccccc3c2=O)C1. The van der Waals surface area contributed by atoms with Crippen molar-refractivity contribution in [3.8, 4) is 0 Å². The van der Waals surface area contributed by atoms with E-state index in [1.807, 2.05) is 30.0 Å². The third-order valence-corrected chi connectivity index (χ3v) is 5.55. The molecule has 27 heavy (non-hydrogen) atoms. The zero-order valence-corrected chi connectivity index (χ0v) is 16.4. The van der Waals surface area contributed by atoms with E-state index in [2.05, 4.69) is 16.8 Å². The fourth-order valence-electron chi connectivity index (χ4n) is 3.89. The molecule has 1 atom stereocenters. The van der Waals surface area contributed by atoms with E-state index in [9.17, 15) is 9.59 Å². The van der Waals surface area contributed by atoms with E-state index in [4.69, 9.17) is 0 Å². The van der Waals surface area contributed by atoms with Crippen molar-refractivity contribution in [1.82, 2.24) is 19.4 Å². The number of amides is 1. The number of fused-ring (bicyclic) bond motifs is 1. The number of aryl methyl sites for hydroxylation is 1. The van der Waals surface area contributed by atoms with Crippen LogP contribution in [0.5, 0.6) is 0 Å². The molecule has 3 rings (SSSR count). The highest BCUT2D eigenvalue weighted by atomic mass is 16.2. The summed E-state index contributed by atoms with van der Waals surface area (Å²) in [5.41, 5.74) is 0.677. The van der Waals surface area contributed by atoms with Crippen LogP contribution in [0.15, 0.2) is 35.4 Å². The largest absolute Gasteiger partial charge is 0.343 e. The Bertz CT molecular complexity index is 832. The van der Waals surface area contributed by atoms with Gasteiger partial charge in [-0.2, -0.15) is 0 Å². The number of para-hydroxylation sites is 1. The van der Waals surface area contributed by atoms with Gasteiger partial charge in [0.15, 0.2) is 0 Å². The molecule has 0 saturated carbocycles. The maximum Gasteiger partial charge on any atom is 0.261 e. The number of carbonyl (C=O) groups excluding carboxylic acids is 1. The van der Waals surface area contributed by atoms with Crippen LogP contribution < -0.4 is 5.56 Å². The predicted octanol–water partition coefficient (Wildman–Crippen LogP) is 2.37. The summed E-state index contributed by atoms with van der Waals surface area (Å²) in [5.74, 6) is 0.774. The van der Waals surface area contributed by atoms with E-state index in [-0.39, 0.29) is 11.5 Å². The average Bonchev–Trinajstić information content (AvgIpc) is 3.15. The Labute approximate surface area is 160 Å². The van der Waals surface area contributed by atoms with Gasteiger partial charge >= 0.3 is 0 Å². The Balaban J connectivity index is 1.52. The Morgan fingerprint density at radius 3 is 2.85 bits per heavy atom. The second kappa shape index (κ2) is 9.13. The second-order valence-electron chi connectivity index (χ2n) is 7.34. The zero-order valence-electron chi connectivity index (χ0n) is 16.4. The molecule has 0 N–H and O–H groups in total. The summed E-state index contributed by atoms with van der Waals surface area (Å²) in [4.78, 5) is 33.9. The van der Waals surface area contributed by atoms with E-state index in [1.165, 1.54) is 6.42 Å². The van der Waals surface area contributed by atoms with Crippen molar-refractivity contribution in [3.05, 3.63) is 40.9 Å². The smallest absolute Gasteiger partial charge is 0.261 e. The first-order chi connectivity index (χ1) is 13.1. The molecule has 6 heteroatoms. The highest BCUT2D eigenvalue weighted by Crippen LogP contribution is 2.17. The first-order valence-corrected chi connectivity index (χ1v) is 10.1. The molecule has 0 bridgehead atoms. The summed E-state index contributed by atoms with van der Waals surface area (Å²) in [6, 6.07) is 7.36. The van der Waals surface area contributed by atoms with E-state index < -0.39 is 0 Å². The molecule has 146 valence electrons. The Hall–Kier alpha value is -2.21. The normalized spacial score (nSPS) is 17.5. The lowest BCUT2D eigenvalue weighted by atomic mass is 10.1. The van der Waals surface area contributed by atoms with E-state index >= 15 is 0 Å². The van der Waals surface area contributed by atoms with Crippen LogP contribution in [-0.4, -0.2) is 58.0 Å². The van der Waals surface area contributed by atoms with Gasteiger partial charge in [0.2, 0.25) is 5.91 Å². The van der Waals surface area contributed by atoms with Crippen molar-refractivity contribution >= 4 is 16.8 Å². The minimum atomic E-state index is -0.0361. The summed E-state index contributed by atoms with van der Waals surface area (Å²) in [7, 11) is 0. The minimum absolute atomic E-state index is 0.0361. The molecule has 1 aromatic carbocycles. The molecule has 0 radical (unpaired) electrons. The van der Waals surface area contributed by atoms with Gasteiger partial charge in [0.25, 0.3) is 5.56 Å². The van der Waals surface area contributed by atoms with Crippen molar-refractivity contribution in [3.63, 3.8) is 0 Å². The van der Waals surface area contributed by atoms with Crippen LogP contribution in [0.1, 0.15) is 33.1 Å². The quantitative estimate of drug-likeness (QED) is 0.716. The molecular formula is C21H30N4O2. The van der Waals surface area contributed by atoms with Crippen LogP contribution in [0.3, 0.4) is 0 Å². The molecule has 1 fully saturated rings. The molecule has 2 heterocycles. The van der Waals surface area contributed by atoms with Crippen molar-refractivity contribution in [2.24, 2.45) is 5.92 Å². The first kappa shape index (κ1) is 19.5. The maximum absolute atomic E-state index is 12.6. The first-order valence-electron chi connectivity index (χ1n) is 10.1. The lowest BCUT2D eigenvalue weighted by molar-refractivity contribution is -0.131. The predicted molar refractivity (Wildman–Crippen MR) is 108 cm³/mol. The minimum Gasteiger partial charge on any atom is -0.343 e.